The highest BCUT2D eigenvalue weighted by Gasteiger charge is 1.88. The molecule has 0 N–H and O–H groups in total. The molecule has 0 aromatic heterocycles. The van der Waals surface area contributed by atoms with Gasteiger partial charge in [-0.2, -0.15) is 5.26 Å². The monoisotopic (exact) mass is 205 g/mol. The van der Waals surface area contributed by atoms with Crippen molar-refractivity contribution >= 4 is 0 Å². The van der Waals surface area contributed by atoms with Crippen molar-refractivity contribution in [3.05, 3.63) is 24.8 Å². The molecule has 0 rings (SSSR count). The van der Waals surface area contributed by atoms with Crippen LogP contribution in [-0.4, -0.2) is 0 Å². The molecule has 0 spiro atoms. The second kappa shape index (κ2) is 13.0. The van der Waals surface area contributed by atoms with Crippen LogP contribution in [0.4, 0.5) is 0 Å². The van der Waals surface area contributed by atoms with Gasteiger partial charge in [0.25, 0.3) is 0 Å². The minimum absolute atomic E-state index is 0.651. The van der Waals surface area contributed by atoms with Crippen LogP contribution in [0, 0.1) is 11.3 Å². The van der Waals surface area contributed by atoms with Gasteiger partial charge < -0.3 is 0 Å². The lowest BCUT2D eigenvalue weighted by atomic mass is 10.1. The molecule has 0 aromatic carbocycles. The van der Waals surface area contributed by atoms with Gasteiger partial charge in [0, 0.05) is 6.42 Å². The average Bonchev–Trinajstić information content (AvgIpc) is 2.26. The zero-order valence-corrected chi connectivity index (χ0v) is 9.75. The molecule has 0 heterocycles. The van der Waals surface area contributed by atoms with Crippen LogP contribution in [0.25, 0.3) is 0 Å². The maximum atomic E-state index is 8.32. The molecule has 0 amide bonds. The molecule has 0 aromatic rings. The number of unbranched alkanes of at least 4 members (excludes halogenated alkanes) is 7. The van der Waals surface area contributed by atoms with E-state index in [0.29, 0.717) is 6.42 Å². The van der Waals surface area contributed by atoms with Crippen molar-refractivity contribution in [3.8, 4) is 6.07 Å². The average molecular weight is 205 g/mol. The van der Waals surface area contributed by atoms with Crippen LogP contribution < -0.4 is 0 Å². The van der Waals surface area contributed by atoms with Gasteiger partial charge in [0.15, 0.2) is 0 Å². The predicted molar refractivity (Wildman–Crippen MR) is 66.5 cm³/mol. The van der Waals surface area contributed by atoms with Crippen molar-refractivity contribution in [2.24, 2.45) is 0 Å². The normalized spacial score (nSPS) is 10.3. The van der Waals surface area contributed by atoms with Gasteiger partial charge in [-0.1, -0.05) is 37.5 Å². The first-order valence-corrected chi connectivity index (χ1v) is 6.04. The third-order valence-corrected chi connectivity index (χ3v) is 2.37. The first-order chi connectivity index (χ1) is 7.41. The minimum atomic E-state index is 0.651. The molecule has 0 aliphatic carbocycles. The van der Waals surface area contributed by atoms with Crippen molar-refractivity contribution in [2.75, 3.05) is 0 Å². The van der Waals surface area contributed by atoms with Gasteiger partial charge in [0.1, 0.15) is 0 Å². The summed E-state index contributed by atoms with van der Waals surface area (Å²) < 4.78 is 0. The number of rotatable bonds is 10. The standard InChI is InChI=1S/C14H23N/c1-2-3-4-5-6-7-8-9-10-11-12-13-14-15/h2,10-11H,1,3-9,12-13H2. The smallest absolute Gasteiger partial charge is 0.0624 e. The van der Waals surface area contributed by atoms with Gasteiger partial charge in [0.05, 0.1) is 6.07 Å². The molecule has 0 aliphatic rings. The molecule has 0 saturated carbocycles. The largest absolute Gasteiger partial charge is 0.198 e. The van der Waals surface area contributed by atoms with Crippen LogP contribution in [0.2, 0.25) is 0 Å². The lowest BCUT2D eigenvalue weighted by Gasteiger charge is -1.97. The van der Waals surface area contributed by atoms with E-state index in [-0.39, 0.29) is 0 Å². The number of nitrogens with zero attached hydrogens (tertiary/aromatic N) is 1. The zero-order chi connectivity index (χ0) is 11.2. The van der Waals surface area contributed by atoms with Crippen LogP contribution >= 0.6 is 0 Å². The Hall–Kier alpha value is -1.03. The Morgan fingerprint density at radius 1 is 0.867 bits per heavy atom. The predicted octanol–water partition coefficient (Wildman–Crippen LogP) is 4.76. The zero-order valence-electron chi connectivity index (χ0n) is 9.75. The maximum absolute atomic E-state index is 8.32. The lowest BCUT2D eigenvalue weighted by Crippen LogP contribution is -1.78. The summed E-state index contributed by atoms with van der Waals surface area (Å²) in [6.45, 7) is 3.71. The maximum Gasteiger partial charge on any atom is 0.0624 e. The van der Waals surface area contributed by atoms with Crippen LogP contribution in [0.5, 0.6) is 0 Å². The number of allylic oxidation sites excluding steroid dienone is 3. The third kappa shape index (κ3) is 13.0. The van der Waals surface area contributed by atoms with Crippen molar-refractivity contribution in [1.29, 1.82) is 5.26 Å². The van der Waals surface area contributed by atoms with E-state index in [2.05, 4.69) is 24.8 Å². The fourth-order valence-corrected chi connectivity index (χ4v) is 1.46. The van der Waals surface area contributed by atoms with Gasteiger partial charge in [0.2, 0.25) is 0 Å². The summed E-state index contributed by atoms with van der Waals surface area (Å²) in [6.07, 6.45) is 16.8. The topological polar surface area (TPSA) is 23.8 Å². The molecule has 1 heteroatoms. The first kappa shape index (κ1) is 14.0. The summed E-state index contributed by atoms with van der Waals surface area (Å²) in [5.74, 6) is 0. The van der Waals surface area contributed by atoms with Gasteiger partial charge in [-0.15, -0.1) is 6.58 Å². The van der Waals surface area contributed by atoms with E-state index in [1.165, 1.54) is 38.5 Å². The van der Waals surface area contributed by atoms with Crippen LogP contribution in [0.1, 0.15) is 57.8 Å². The van der Waals surface area contributed by atoms with Crippen LogP contribution in [0.15, 0.2) is 24.8 Å². The molecule has 15 heavy (non-hydrogen) atoms. The molecule has 0 fully saturated rings. The van der Waals surface area contributed by atoms with E-state index in [4.69, 9.17) is 5.26 Å². The second-order valence-corrected chi connectivity index (χ2v) is 3.80. The molecule has 0 atom stereocenters. The molecule has 0 aliphatic heterocycles. The quantitative estimate of drug-likeness (QED) is 0.372. The summed E-state index contributed by atoms with van der Waals surface area (Å²) in [5, 5.41) is 8.32. The van der Waals surface area contributed by atoms with E-state index >= 15 is 0 Å². The SMILES string of the molecule is C=CCCCCCCCC=CCCC#N. The molecular formula is C14H23N. The minimum Gasteiger partial charge on any atom is -0.198 e. The van der Waals surface area contributed by atoms with Crippen molar-refractivity contribution < 1.29 is 0 Å². The Labute approximate surface area is 94.5 Å². The van der Waals surface area contributed by atoms with Crippen molar-refractivity contribution in [2.45, 2.75) is 57.8 Å². The summed E-state index contributed by atoms with van der Waals surface area (Å²) in [5.41, 5.74) is 0. The summed E-state index contributed by atoms with van der Waals surface area (Å²) in [6, 6.07) is 2.14. The molecular weight excluding hydrogens is 182 g/mol. The number of nitriles is 1. The lowest BCUT2D eigenvalue weighted by molar-refractivity contribution is 0.622. The number of hydrogen-bond acceptors (Lipinski definition) is 1. The molecule has 1 nitrogen and oxygen atoms in total. The highest BCUT2D eigenvalue weighted by atomic mass is 14.2. The van der Waals surface area contributed by atoms with Gasteiger partial charge in [-0.3, -0.25) is 0 Å². The highest BCUT2D eigenvalue weighted by Crippen LogP contribution is 2.07. The van der Waals surface area contributed by atoms with E-state index in [1.807, 2.05) is 6.08 Å². The van der Waals surface area contributed by atoms with E-state index in [1.54, 1.807) is 0 Å². The van der Waals surface area contributed by atoms with Gasteiger partial charge >= 0.3 is 0 Å². The summed E-state index contributed by atoms with van der Waals surface area (Å²) in [7, 11) is 0. The highest BCUT2D eigenvalue weighted by molar-refractivity contribution is 4.85. The first-order valence-electron chi connectivity index (χ1n) is 6.04. The fraction of sp³-hybridized carbons (Fsp3) is 0.643. The van der Waals surface area contributed by atoms with Crippen molar-refractivity contribution in [3.63, 3.8) is 0 Å². The molecule has 0 saturated heterocycles. The Kier molecular flexibility index (Phi) is 12.1. The summed E-state index contributed by atoms with van der Waals surface area (Å²) >= 11 is 0. The molecule has 0 bridgehead atoms. The van der Waals surface area contributed by atoms with Gasteiger partial charge in [-0.05, 0) is 32.1 Å². The molecule has 0 unspecified atom stereocenters. The second-order valence-electron chi connectivity index (χ2n) is 3.80. The Balaban J connectivity index is 3.01. The van der Waals surface area contributed by atoms with Crippen LogP contribution in [0.3, 0.4) is 0 Å². The summed E-state index contributed by atoms with van der Waals surface area (Å²) in [4.78, 5) is 0. The van der Waals surface area contributed by atoms with E-state index in [9.17, 15) is 0 Å². The third-order valence-electron chi connectivity index (χ3n) is 2.37. The Morgan fingerprint density at radius 2 is 1.47 bits per heavy atom. The van der Waals surface area contributed by atoms with E-state index in [0.717, 1.165) is 12.8 Å². The molecule has 0 radical (unpaired) electrons. The van der Waals surface area contributed by atoms with Crippen molar-refractivity contribution in [1.82, 2.24) is 0 Å². The fourth-order valence-electron chi connectivity index (χ4n) is 1.46. The molecule has 84 valence electrons. The number of hydrogen-bond donors (Lipinski definition) is 0. The van der Waals surface area contributed by atoms with Crippen LogP contribution in [-0.2, 0) is 0 Å². The van der Waals surface area contributed by atoms with Gasteiger partial charge in [-0.25, -0.2) is 0 Å². The van der Waals surface area contributed by atoms with E-state index < -0.39 is 0 Å². The Morgan fingerprint density at radius 3 is 2.13 bits per heavy atom. The Bertz CT molecular complexity index is 198.